The predicted octanol–water partition coefficient (Wildman–Crippen LogP) is 3.63. The quantitative estimate of drug-likeness (QED) is 0.547. The van der Waals surface area contributed by atoms with Crippen molar-refractivity contribution in [3.8, 4) is 16.4 Å². The highest BCUT2D eigenvalue weighted by Gasteiger charge is 2.30. The third-order valence-electron chi connectivity index (χ3n) is 3.65. The van der Waals surface area contributed by atoms with Gasteiger partial charge in [-0.1, -0.05) is 12.1 Å². The van der Waals surface area contributed by atoms with Gasteiger partial charge in [-0.2, -0.15) is 23.0 Å². The molecule has 1 aromatic carbocycles. The van der Waals surface area contributed by atoms with E-state index in [0.29, 0.717) is 21.9 Å². The second kappa shape index (κ2) is 5.55. The van der Waals surface area contributed by atoms with Crippen LogP contribution < -0.4 is 5.69 Å². The van der Waals surface area contributed by atoms with Crippen molar-refractivity contribution in [2.24, 2.45) is 0 Å². The zero-order valence-electron chi connectivity index (χ0n) is 12.4. The molecular formula is C16H9F3N4OS. The zero-order chi connectivity index (χ0) is 17.6. The average Bonchev–Trinajstić information content (AvgIpc) is 3.24. The number of halogens is 3. The minimum absolute atomic E-state index is 0.343. The van der Waals surface area contributed by atoms with Crippen LogP contribution in [-0.4, -0.2) is 19.2 Å². The molecule has 0 radical (unpaired) electrons. The van der Waals surface area contributed by atoms with Crippen LogP contribution in [0.1, 0.15) is 5.56 Å². The van der Waals surface area contributed by atoms with Crippen molar-refractivity contribution in [3.63, 3.8) is 0 Å². The largest absolute Gasteiger partial charge is 0.416 e. The molecule has 0 spiro atoms. The SMILES string of the molecule is O=c1n(-c2nc(-c3ccc(C(F)(F)F)cc3)cs2)ncc2cccn12. The Morgan fingerprint density at radius 3 is 2.56 bits per heavy atom. The number of hydrogen-bond donors (Lipinski definition) is 0. The summed E-state index contributed by atoms with van der Waals surface area (Å²) in [5, 5.41) is 6.10. The van der Waals surface area contributed by atoms with Crippen LogP contribution in [0.3, 0.4) is 0 Å². The third kappa shape index (κ3) is 2.72. The lowest BCUT2D eigenvalue weighted by atomic mass is 10.1. The van der Waals surface area contributed by atoms with Gasteiger partial charge in [0.2, 0.25) is 5.13 Å². The number of rotatable bonds is 2. The molecule has 0 unspecified atom stereocenters. The van der Waals surface area contributed by atoms with Crippen LogP contribution in [0.15, 0.2) is 59.0 Å². The standard InChI is InChI=1S/C16H9F3N4OS/c17-16(18,19)11-5-3-10(4-6-11)13-9-25-14(21-13)23-15(24)22-7-1-2-12(22)8-20-23/h1-9H. The molecule has 0 atom stereocenters. The van der Waals surface area contributed by atoms with Crippen molar-refractivity contribution in [2.45, 2.75) is 6.18 Å². The Morgan fingerprint density at radius 1 is 1.08 bits per heavy atom. The molecule has 9 heteroatoms. The topological polar surface area (TPSA) is 52.2 Å². The molecule has 126 valence electrons. The highest BCUT2D eigenvalue weighted by Crippen LogP contribution is 2.31. The molecule has 0 aliphatic heterocycles. The van der Waals surface area contributed by atoms with E-state index in [2.05, 4.69) is 10.1 Å². The number of aromatic nitrogens is 4. The Hall–Kier alpha value is -2.94. The van der Waals surface area contributed by atoms with Gasteiger partial charge in [0.05, 0.1) is 23.0 Å². The lowest BCUT2D eigenvalue weighted by Gasteiger charge is -2.06. The normalized spacial score (nSPS) is 12.0. The average molecular weight is 362 g/mol. The number of benzene rings is 1. The Bertz CT molecular complexity index is 1110. The van der Waals surface area contributed by atoms with Crippen molar-refractivity contribution >= 4 is 16.9 Å². The summed E-state index contributed by atoms with van der Waals surface area (Å²) >= 11 is 1.19. The molecule has 0 amide bonds. The van der Waals surface area contributed by atoms with Crippen LogP contribution in [0.5, 0.6) is 0 Å². The fourth-order valence-corrected chi connectivity index (χ4v) is 3.18. The van der Waals surface area contributed by atoms with Crippen molar-refractivity contribution in [1.82, 2.24) is 19.2 Å². The maximum absolute atomic E-state index is 12.6. The van der Waals surface area contributed by atoms with Gasteiger partial charge in [0, 0.05) is 17.1 Å². The molecule has 0 saturated carbocycles. The third-order valence-corrected chi connectivity index (χ3v) is 4.47. The molecular weight excluding hydrogens is 353 g/mol. The maximum atomic E-state index is 12.6. The summed E-state index contributed by atoms with van der Waals surface area (Å²) in [5.41, 5.74) is 0.597. The summed E-state index contributed by atoms with van der Waals surface area (Å²) in [6.07, 6.45) is -1.21. The summed E-state index contributed by atoms with van der Waals surface area (Å²) < 4.78 is 40.5. The minimum Gasteiger partial charge on any atom is -0.266 e. The van der Waals surface area contributed by atoms with Gasteiger partial charge < -0.3 is 0 Å². The van der Waals surface area contributed by atoms with Gasteiger partial charge in [-0.3, -0.25) is 4.40 Å². The Morgan fingerprint density at radius 2 is 1.84 bits per heavy atom. The van der Waals surface area contributed by atoms with E-state index in [1.54, 1.807) is 29.9 Å². The fraction of sp³-hybridized carbons (Fsp3) is 0.0625. The van der Waals surface area contributed by atoms with Gasteiger partial charge >= 0.3 is 11.9 Å². The van der Waals surface area contributed by atoms with Gasteiger partial charge in [-0.25, -0.2) is 9.78 Å². The summed E-state index contributed by atoms with van der Waals surface area (Å²) in [6, 6.07) is 8.21. The smallest absolute Gasteiger partial charge is 0.266 e. The number of thiazole rings is 1. The summed E-state index contributed by atoms with van der Waals surface area (Å²) in [5.74, 6) is 0. The molecule has 0 saturated heterocycles. The lowest BCUT2D eigenvalue weighted by molar-refractivity contribution is -0.137. The summed E-state index contributed by atoms with van der Waals surface area (Å²) in [4.78, 5) is 16.7. The number of nitrogens with zero attached hydrogens (tertiary/aromatic N) is 4. The van der Waals surface area contributed by atoms with Gasteiger partial charge in [-0.15, -0.1) is 11.3 Å². The van der Waals surface area contributed by atoms with Crippen LogP contribution in [0.2, 0.25) is 0 Å². The van der Waals surface area contributed by atoms with Gasteiger partial charge in [0.25, 0.3) is 0 Å². The molecule has 5 nitrogen and oxygen atoms in total. The molecule has 3 aromatic heterocycles. The van der Waals surface area contributed by atoms with Crippen LogP contribution in [0.4, 0.5) is 13.2 Å². The van der Waals surface area contributed by atoms with Crippen LogP contribution in [0, 0.1) is 0 Å². The second-order valence-electron chi connectivity index (χ2n) is 5.23. The van der Waals surface area contributed by atoms with E-state index >= 15 is 0 Å². The Labute approximate surface area is 142 Å². The fourth-order valence-electron chi connectivity index (χ4n) is 2.40. The molecule has 4 aromatic rings. The number of hydrogen-bond acceptors (Lipinski definition) is 4. The van der Waals surface area contributed by atoms with Crippen molar-refractivity contribution < 1.29 is 13.2 Å². The van der Waals surface area contributed by atoms with E-state index in [4.69, 9.17) is 0 Å². The summed E-state index contributed by atoms with van der Waals surface area (Å²) in [7, 11) is 0. The van der Waals surface area contributed by atoms with Crippen LogP contribution >= 0.6 is 11.3 Å². The molecule has 0 bridgehead atoms. The predicted molar refractivity (Wildman–Crippen MR) is 86.9 cm³/mol. The minimum atomic E-state index is -4.38. The molecule has 3 heterocycles. The highest BCUT2D eigenvalue weighted by molar-refractivity contribution is 7.12. The van der Waals surface area contributed by atoms with Crippen LogP contribution in [0.25, 0.3) is 21.9 Å². The maximum Gasteiger partial charge on any atom is 0.416 e. The van der Waals surface area contributed by atoms with E-state index in [0.717, 1.165) is 16.8 Å². The molecule has 0 aliphatic rings. The first-order valence-corrected chi connectivity index (χ1v) is 8.00. The zero-order valence-corrected chi connectivity index (χ0v) is 13.3. The monoisotopic (exact) mass is 362 g/mol. The first kappa shape index (κ1) is 15.6. The highest BCUT2D eigenvalue weighted by atomic mass is 32.1. The first-order valence-electron chi connectivity index (χ1n) is 7.12. The Balaban J connectivity index is 1.72. The van der Waals surface area contributed by atoms with E-state index < -0.39 is 11.7 Å². The van der Waals surface area contributed by atoms with E-state index in [9.17, 15) is 18.0 Å². The second-order valence-corrected chi connectivity index (χ2v) is 6.07. The van der Waals surface area contributed by atoms with E-state index in [1.807, 2.05) is 0 Å². The van der Waals surface area contributed by atoms with Crippen molar-refractivity contribution in [2.75, 3.05) is 0 Å². The van der Waals surface area contributed by atoms with Crippen LogP contribution in [-0.2, 0) is 6.18 Å². The van der Waals surface area contributed by atoms with Gasteiger partial charge in [-0.05, 0) is 24.3 Å². The molecule has 4 rings (SSSR count). The van der Waals surface area contributed by atoms with Gasteiger partial charge in [0.15, 0.2) is 0 Å². The van der Waals surface area contributed by atoms with Crippen molar-refractivity contribution in [3.05, 3.63) is 70.2 Å². The van der Waals surface area contributed by atoms with E-state index in [1.165, 1.54) is 27.9 Å². The number of fused-ring (bicyclic) bond motifs is 1. The van der Waals surface area contributed by atoms with Crippen molar-refractivity contribution in [1.29, 1.82) is 0 Å². The molecule has 0 N–H and O–H groups in total. The molecule has 25 heavy (non-hydrogen) atoms. The van der Waals surface area contributed by atoms with Gasteiger partial charge in [0.1, 0.15) is 0 Å². The summed E-state index contributed by atoms with van der Waals surface area (Å²) in [6.45, 7) is 0. The molecule has 0 fully saturated rings. The number of alkyl halides is 3. The molecule has 0 aliphatic carbocycles. The van der Waals surface area contributed by atoms with E-state index in [-0.39, 0.29) is 5.69 Å². The lowest BCUT2D eigenvalue weighted by Crippen LogP contribution is -2.26. The first-order chi connectivity index (χ1) is 11.9. The Kier molecular flexibility index (Phi) is 3.46.